The maximum absolute atomic E-state index is 13.1. The number of hydrogen-bond acceptors (Lipinski definition) is 13. The van der Waals surface area contributed by atoms with E-state index in [4.69, 9.17) is 28.4 Å². The fourth-order valence-electron chi connectivity index (χ4n) is 7.11. The SMILES string of the molecule is COc1ccc(C(OCC(OC(C)=O)C(OC(C)=O)C(Cn2c3nc(=O)[nH]c(=O)c-3nc3cc(C)c(C)cc32)OC(C)=O)(c2ccccc2)c2ccc(OC)cc2)cc1. The van der Waals surface area contributed by atoms with Crippen molar-refractivity contribution in [3.63, 3.8) is 0 Å². The molecule has 3 unspecified atom stereocenters. The minimum absolute atomic E-state index is 0.115. The predicted octanol–water partition coefficient (Wildman–Crippen LogP) is 5.02. The van der Waals surface area contributed by atoms with E-state index in [1.807, 2.05) is 68.4 Å². The maximum Gasteiger partial charge on any atom is 0.349 e. The molecule has 0 radical (unpaired) electrons. The van der Waals surface area contributed by atoms with Gasteiger partial charge in [-0.05, 0) is 78.1 Å². The molecule has 0 spiro atoms. The molecule has 2 heterocycles. The van der Waals surface area contributed by atoms with Crippen LogP contribution in [0, 0.1) is 13.8 Å². The Morgan fingerprint density at radius 2 is 1.22 bits per heavy atom. The van der Waals surface area contributed by atoms with E-state index in [0.717, 1.165) is 18.1 Å². The predicted molar refractivity (Wildman–Crippen MR) is 215 cm³/mol. The standard InChI is InChI=1S/C44H44N4O11/c1-25-21-35-36(22-26(25)2)48(41-39(45-35)42(52)47-43(53)46-41)23-37(57-27(3)49)40(59-29(5)51)38(58-28(4)50)24-56-44(30-11-9-8-10-12-30,31-13-17-33(54-6)18-14-31)32-15-19-34(55-7)20-16-32/h8-22,37-38,40H,23-24H2,1-7H3,(H,47,52,53). The molecule has 3 atom stereocenters. The van der Waals surface area contributed by atoms with E-state index in [1.54, 1.807) is 50.6 Å². The van der Waals surface area contributed by atoms with Crippen LogP contribution >= 0.6 is 0 Å². The van der Waals surface area contributed by atoms with Crippen LogP contribution < -0.4 is 20.7 Å². The number of carbonyl (C=O) groups excluding carboxylic acids is 3. The van der Waals surface area contributed by atoms with Crippen LogP contribution in [0.25, 0.3) is 22.6 Å². The normalized spacial score (nSPS) is 13.0. The van der Waals surface area contributed by atoms with E-state index in [0.29, 0.717) is 39.2 Å². The third-order valence-electron chi connectivity index (χ3n) is 9.89. The summed E-state index contributed by atoms with van der Waals surface area (Å²) in [7, 11) is 3.12. The largest absolute Gasteiger partial charge is 0.497 e. The van der Waals surface area contributed by atoms with Crippen molar-refractivity contribution in [1.82, 2.24) is 19.5 Å². The van der Waals surface area contributed by atoms with E-state index in [-0.39, 0.29) is 18.1 Å². The lowest BCUT2D eigenvalue weighted by atomic mass is 9.80. The highest BCUT2D eigenvalue weighted by Crippen LogP contribution is 2.42. The van der Waals surface area contributed by atoms with Gasteiger partial charge in [0.25, 0.3) is 5.56 Å². The molecule has 6 rings (SSSR count). The Morgan fingerprint density at radius 1 is 0.695 bits per heavy atom. The molecule has 4 aromatic carbocycles. The number of nitrogens with zero attached hydrogens (tertiary/aromatic N) is 3. The summed E-state index contributed by atoms with van der Waals surface area (Å²) in [4.78, 5) is 75.4. The lowest BCUT2D eigenvalue weighted by molar-refractivity contribution is -0.192. The average Bonchev–Trinajstić information content (AvgIpc) is 3.21. The van der Waals surface area contributed by atoms with Gasteiger partial charge in [-0.1, -0.05) is 54.6 Å². The third-order valence-corrected chi connectivity index (χ3v) is 9.89. The summed E-state index contributed by atoms with van der Waals surface area (Å²) in [5.74, 6) is -1.23. The molecule has 0 saturated heterocycles. The van der Waals surface area contributed by atoms with Gasteiger partial charge in [0, 0.05) is 20.8 Å². The lowest BCUT2D eigenvalue weighted by Gasteiger charge is -2.39. The molecule has 15 nitrogen and oxygen atoms in total. The number of fused-ring (bicyclic) bond motifs is 2. The van der Waals surface area contributed by atoms with Gasteiger partial charge in [-0.3, -0.25) is 24.2 Å². The van der Waals surface area contributed by atoms with Crippen molar-refractivity contribution in [1.29, 1.82) is 0 Å². The van der Waals surface area contributed by atoms with E-state index in [9.17, 15) is 24.0 Å². The zero-order valence-electron chi connectivity index (χ0n) is 33.6. The summed E-state index contributed by atoms with van der Waals surface area (Å²) in [5, 5.41) is 0. The number of H-pyrrole nitrogens is 1. The van der Waals surface area contributed by atoms with Crippen molar-refractivity contribution in [3.8, 4) is 23.0 Å². The topological polar surface area (TPSA) is 187 Å². The van der Waals surface area contributed by atoms with Gasteiger partial charge in [-0.25, -0.2) is 9.78 Å². The number of aryl methyl sites for hydroxylation is 2. The van der Waals surface area contributed by atoms with Crippen molar-refractivity contribution in [2.75, 3.05) is 20.8 Å². The molecule has 0 aromatic heterocycles. The highest BCUT2D eigenvalue weighted by molar-refractivity contribution is 5.81. The number of rotatable bonds is 15. The number of aromatic nitrogens is 4. The van der Waals surface area contributed by atoms with E-state index < -0.39 is 59.7 Å². The first-order valence-electron chi connectivity index (χ1n) is 18.7. The quantitative estimate of drug-likeness (QED) is 0.0632. The van der Waals surface area contributed by atoms with Gasteiger partial charge in [-0.15, -0.1) is 0 Å². The molecule has 0 amide bonds. The molecular formula is C44H44N4O11. The molecule has 1 N–H and O–H groups in total. The van der Waals surface area contributed by atoms with Crippen molar-refractivity contribution in [3.05, 3.63) is 140 Å². The smallest absolute Gasteiger partial charge is 0.349 e. The molecule has 0 aliphatic carbocycles. The molecule has 59 heavy (non-hydrogen) atoms. The van der Waals surface area contributed by atoms with Crippen LogP contribution in [-0.4, -0.2) is 76.6 Å². The number of hydrogen-bond donors (Lipinski definition) is 1. The highest BCUT2D eigenvalue weighted by atomic mass is 16.6. The fraction of sp³-hybridized carbons (Fsp3) is 0.295. The summed E-state index contributed by atoms with van der Waals surface area (Å²) < 4.78 is 37.2. The zero-order valence-corrected chi connectivity index (χ0v) is 33.6. The van der Waals surface area contributed by atoms with Gasteiger partial charge in [0.1, 0.15) is 17.1 Å². The van der Waals surface area contributed by atoms with Crippen LogP contribution in [0.3, 0.4) is 0 Å². The number of methoxy groups -OCH3 is 2. The van der Waals surface area contributed by atoms with Crippen LogP contribution in [0.4, 0.5) is 0 Å². The Labute approximate surface area is 339 Å². The number of nitrogens with one attached hydrogen (secondary N) is 1. The molecule has 2 aliphatic rings. The van der Waals surface area contributed by atoms with Crippen LogP contribution in [0.1, 0.15) is 48.6 Å². The second-order valence-corrected chi connectivity index (χ2v) is 13.9. The number of benzene rings is 4. The van der Waals surface area contributed by atoms with Crippen molar-refractivity contribution in [2.45, 2.75) is 65.1 Å². The minimum Gasteiger partial charge on any atom is -0.497 e. The molecule has 15 heteroatoms. The molecule has 0 saturated carbocycles. The number of ether oxygens (including phenoxy) is 6. The maximum atomic E-state index is 13.1. The van der Waals surface area contributed by atoms with Crippen LogP contribution in [0.2, 0.25) is 0 Å². The molecule has 2 aliphatic heterocycles. The second-order valence-electron chi connectivity index (χ2n) is 13.9. The lowest BCUT2D eigenvalue weighted by Crippen LogP contribution is -2.50. The summed E-state index contributed by atoms with van der Waals surface area (Å²) >= 11 is 0. The Balaban J connectivity index is 1.54. The Kier molecular flexibility index (Phi) is 12.5. The fourth-order valence-corrected chi connectivity index (χ4v) is 7.11. The van der Waals surface area contributed by atoms with E-state index in [2.05, 4.69) is 15.0 Å². The third kappa shape index (κ3) is 9.00. The van der Waals surface area contributed by atoms with Gasteiger partial charge < -0.3 is 33.0 Å². The van der Waals surface area contributed by atoms with Gasteiger partial charge in [0.2, 0.25) is 0 Å². The second kappa shape index (κ2) is 17.7. The van der Waals surface area contributed by atoms with Gasteiger partial charge in [0.15, 0.2) is 29.8 Å². The van der Waals surface area contributed by atoms with Crippen molar-refractivity contribution >= 4 is 28.9 Å². The average molecular weight is 805 g/mol. The molecule has 0 bridgehead atoms. The summed E-state index contributed by atoms with van der Waals surface area (Å²) in [6.07, 6.45) is -4.36. The first-order valence-corrected chi connectivity index (χ1v) is 18.7. The zero-order chi connectivity index (χ0) is 42.4. The van der Waals surface area contributed by atoms with Crippen molar-refractivity contribution in [2.24, 2.45) is 0 Å². The highest BCUT2D eigenvalue weighted by Gasteiger charge is 2.43. The summed E-state index contributed by atoms with van der Waals surface area (Å²) in [6.45, 7) is 6.50. The number of esters is 3. The van der Waals surface area contributed by atoms with Crippen molar-refractivity contribution < 1.29 is 42.8 Å². The van der Waals surface area contributed by atoms with Crippen LogP contribution in [0.15, 0.2) is 101 Å². The monoisotopic (exact) mass is 804 g/mol. The Morgan fingerprint density at radius 3 is 1.76 bits per heavy atom. The van der Waals surface area contributed by atoms with Gasteiger partial charge in [0.05, 0.1) is 38.4 Å². The Hall–Kier alpha value is -6.87. The Bertz CT molecular complexity index is 2500. The van der Waals surface area contributed by atoms with Crippen LogP contribution in [-0.2, 0) is 45.5 Å². The summed E-state index contributed by atoms with van der Waals surface area (Å²) in [6, 6.07) is 27.5. The molecule has 0 fully saturated rings. The first kappa shape index (κ1) is 41.8. The van der Waals surface area contributed by atoms with E-state index in [1.165, 1.54) is 18.4 Å². The molecule has 306 valence electrons. The van der Waals surface area contributed by atoms with E-state index >= 15 is 0 Å². The summed E-state index contributed by atoms with van der Waals surface area (Å²) in [5.41, 5.74) is 1.29. The molecule has 4 aromatic rings. The number of aromatic amines is 1. The first-order chi connectivity index (χ1) is 28.2. The molecular weight excluding hydrogens is 761 g/mol. The van der Waals surface area contributed by atoms with Gasteiger partial charge in [-0.2, -0.15) is 4.98 Å². The van der Waals surface area contributed by atoms with Crippen LogP contribution in [0.5, 0.6) is 11.5 Å². The minimum atomic E-state index is -1.52. The van der Waals surface area contributed by atoms with Gasteiger partial charge >= 0.3 is 23.6 Å². The number of carbonyl (C=O) groups is 3.